The lowest BCUT2D eigenvalue weighted by Gasteiger charge is -2.08. The molecule has 0 spiro atoms. The SMILES string of the molecule is COc1ccc2oc(C)c(C(C)NO)c2c1. The molecule has 0 saturated heterocycles. The van der Waals surface area contributed by atoms with Gasteiger partial charge in [0.25, 0.3) is 0 Å². The van der Waals surface area contributed by atoms with Crippen LogP contribution in [-0.4, -0.2) is 12.3 Å². The zero-order chi connectivity index (χ0) is 11.7. The summed E-state index contributed by atoms with van der Waals surface area (Å²) >= 11 is 0. The third-order valence-electron chi connectivity index (χ3n) is 2.75. The normalized spacial score (nSPS) is 13.0. The highest BCUT2D eigenvalue weighted by Gasteiger charge is 2.16. The van der Waals surface area contributed by atoms with Crippen LogP contribution < -0.4 is 10.2 Å². The first-order valence-electron chi connectivity index (χ1n) is 5.14. The lowest BCUT2D eigenvalue weighted by atomic mass is 10.1. The van der Waals surface area contributed by atoms with Gasteiger partial charge < -0.3 is 14.4 Å². The largest absolute Gasteiger partial charge is 0.497 e. The molecular weight excluding hydrogens is 206 g/mol. The summed E-state index contributed by atoms with van der Waals surface area (Å²) in [5.41, 5.74) is 3.99. The molecule has 4 heteroatoms. The summed E-state index contributed by atoms with van der Waals surface area (Å²) in [5.74, 6) is 1.58. The summed E-state index contributed by atoms with van der Waals surface area (Å²) in [4.78, 5) is 0. The highest BCUT2D eigenvalue weighted by Crippen LogP contribution is 2.32. The lowest BCUT2D eigenvalue weighted by molar-refractivity contribution is 0.133. The molecule has 1 heterocycles. The van der Waals surface area contributed by atoms with E-state index in [0.717, 1.165) is 28.0 Å². The number of hydrogen-bond donors (Lipinski definition) is 2. The van der Waals surface area contributed by atoms with Gasteiger partial charge in [-0.1, -0.05) is 0 Å². The minimum atomic E-state index is -0.173. The van der Waals surface area contributed by atoms with Crippen molar-refractivity contribution < 1.29 is 14.4 Å². The molecule has 1 aromatic carbocycles. The zero-order valence-corrected chi connectivity index (χ0v) is 9.57. The van der Waals surface area contributed by atoms with Crippen LogP contribution in [0.2, 0.25) is 0 Å². The van der Waals surface area contributed by atoms with E-state index in [0.29, 0.717) is 0 Å². The number of methoxy groups -OCH3 is 1. The Morgan fingerprint density at radius 3 is 2.81 bits per heavy atom. The van der Waals surface area contributed by atoms with Gasteiger partial charge >= 0.3 is 0 Å². The smallest absolute Gasteiger partial charge is 0.134 e. The maximum Gasteiger partial charge on any atom is 0.134 e. The maximum absolute atomic E-state index is 8.99. The summed E-state index contributed by atoms with van der Waals surface area (Å²) in [6.45, 7) is 3.76. The van der Waals surface area contributed by atoms with E-state index >= 15 is 0 Å². The molecule has 0 aliphatic rings. The van der Waals surface area contributed by atoms with Crippen LogP contribution in [-0.2, 0) is 0 Å². The molecule has 2 aromatic rings. The standard InChI is InChI=1S/C12H15NO3/c1-7(13-14)12-8(2)16-11-5-4-9(15-3)6-10(11)12/h4-7,13-14H,1-3H3. The van der Waals surface area contributed by atoms with Crippen molar-refractivity contribution in [2.75, 3.05) is 7.11 Å². The van der Waals surface area contributed by atoms with Gasteiger partial charge in [0.15, 0.2) is 0 Å². The van der Waals surface area contributed by atoms with Gasteiger partial charge in [0.1, 0.15) is 17.1 Å². The van der Waals surface area contributed by atoms with Crippen molar-refractivity contribution in [3.05, 3.63) is 29.5 Å². The summed E-state index contributed by atoms with van der Waals surface area (Å²) in [6.07, 6.45) is 0. The van der Waals surface area contributed by atoms with Crippen LogP contribution in [0.4, 0.5) is 0 Å². The number of ether oxygens (including phenoxy) is 1. The Morgan fingerprint density at radius 2 is 2.19 bits per heavy atom. The number of benzene rings is 1. The monoisotopic (exact) mass is 221 g/mol. The molecule has 1 atom stereocenters. The predicted molar refractivity (Wildman–Crippen MR) is 60.8 cm³/mol. The van der Waals surface area contributed by atoms with Gasteiger partial charge in [0.2, 0.25) is 0 Å². The Hall–Kier alpha value is -1.52. The first-order chi connectivity index (χ1) is 7.67. The fourth-order valence-corrected chi connectivity index (χ4v) is 1.95. The van der Waals surface area contributed by atoms with Crippen molar-refractivity contribution in [3.63, 3.8) is 0 Å². The first kappa shape index (κ1) is 11.0. The van der Waals surface area contributed by atoms with E-state index in [1.807, 2.05) is 32.0 Å². The topological polar surface area (TPSA) is 54.6 Å². The molecule has 0 aliphatic heterocycles. The number of aryl methyl sites for hydroxylation is 1. The summed E-state index contributed by atoms with van der Waals surface area (Å²) < 4.78 is 10.8. The second kappa shape index (κ2) is 4.15. The third kappa shape index (κ3) is 1.66. The highest BCUT2D eigenvalue weighted by molar-refractivity contribution is 5.84. The second-order valence-electron chi connectivity index (χ2n) is 3.78. The second-order valence-corrected chi connectivity index (χ2v) is 3.78. The Bertz CT molecular complexity index is 504. The maximum atomic E-state index is 8.99. The van der Waals surface area contributed by atoms with E-state index in [2.05, 4.69) is 5.48 Å². The zero-order valence-electron chi connectivity index (χ0n) is 9.57. The number of hydrogen-bond acceptors (Lipinski definition) is 4. The van der Waals surface area contributed by atoms with Crippen molar-refractivity contribution in [3.8, 4) is 5.75 Å². The van der Waals surface area contributed by atoms with E-state index in [9.17, 15) is 0 Å². The van der Waals surface area contributed by atoms with Crippen LogP contribution in [0.15, 0.2) is 22.6 Å². The average molecular weight is 221 g/mol. The van der Waals surface area contributed by atoms with Crippen molar-refractivity contribution in [1.29, 1.82) is 0 Å². The molecule has 1 aromatic heterocycles. The van der Waals surface area contributed by atoms with Crippen molar-refractivity contribution in [1.82, 2.24) is 5.48 Å². The minimum absolute atomic E-state index is 0.173. The van der Waals surface area contributed by atoms with Crippen LogP contribution >= 0.6 is 0 Å². The molecule has 2 N–H and O–H groups in total. The quantitative estimate of drug-likeness (QED) is 0.782. The van der Waals surface area contributed by atoms with Gasteiger partial charge in [0, 0.05) is 10.9 Å². The van der Waals surface area contributed by atoms with Crippen LogP contribution in [0, 0.1) is 6.92 Å². The molecule has 0 aliphatic carbocycles. The summed E-state index contributed by atoms with van der Waals surface area (Å²) in [7, 11) is 1.63. The molecule has 0 fully saturated rings. The summed E-state index contributed by atoms with van der Waals surface area (Å²) in [5, 5.41) is 9.96. The van der Waals surface area contributed by atoms with Gasteiger partial charge in [0.05, 0.1) is 13.2 Å². The van der Waals surface area contributed by atoms with Gasteiger partial charge in [-0.15, -0.1) is 0 Å². The molecule has 1 unspecified atom stereocenters. The van der Waals surface area contributed by atoms with Crippen LogP contribution in [0.25, 0.3) is 11.0 Å². The van der Waals surface area contributed by atoms with Crippen molar-refractivity contribution in [2.45, 2.75) is 19.9 Å². The minimum Gasteiger partial charge on any atom is -0.497 e. The number of furan rings is 1. The Kier molecular flexibility index (Phi) is 2.85. The van der Waals surface area contributed by atoms with Gasteiger partial charge in [-0.25, -0.2) is 0 Å². The fraction of sp³-hybridized carbons (Fsp3) is 0.333. The van der Waals surface area contributed by atoms with Gasteiger partial charge in [-0.3, -0.25) is 0 Å². The highest BCUT2D eigenvalue weighted by atomic mass is 16.5. The van der Waals surface area contributed by atoms with E-state index in [-0.39, 0.29) is 6.04 Å². The summed E-state index contributed by atoms with van der Waals surface area (Å²) in [6, 6.07) is 5.46. The fourth-order valence-electron chi connectivity index (χ4n) is 1.95. The average Bonchev–Trinajstić information content (AvgIpc) is 2.63. The van der Waals surface area contributed by atoms with E-state index < -0.39 is 0 Å². The number of rotatable bonds is 3. The molecular formula is C12H15NO3. The van der Waals surface area contributed by atoms with Crippen molar-refractivity contribution >= 4 is 11.0 Å². The molecule has 2 rings (SSSR count). The Labute approximate surface area is 93.8 Å². The van der Waals surface area contributed by atoms with Crippen LogP contribution in [0.1, 0.15) is 24.3 Å². The van der Waals surface area contributed by atoms with Crippen LogP contribution in [0.3, 0.4) is 0 Å². The Balaban J connectivity index is 2.65. The number of fused-ring (bicyclic) bond motifs is 1. The van der Waals surface area contributed by atoms with E-state index in [4.69, 9.17) is 14.4 Å². The van der Waals surface area contributed by atoms with Crippen molar-refractivity contribution in [2.24, 2.45) is 0 Å². The molecule has 0 radical (unpaired) electrons. The molecule has 0 bridgehead atoms. The molecule has 0 amide bonds. The van der Waals surface area contributed by atoms with Gasteiger partial charge in [-0.05, 0) is 32.0 Å². The van der Waals surface area contributed by atoms with Gasteiger partial charge in [-0.2, -0.15) is 5.48 Å². The molecule has 16 heavy (non-hydrogen) atoms. The predicted octanol–water partition coefficient (Wildman–Crippen LogP) is 2.79. The molecule has 0 saturated carbocycles. The number of hydroxylamine groups is 1. The van der Waals surface area contributed by atoms with E-state index in [1.54, 1.807) is 7.11 Å². The molecule has 4 nitrogen and oxygen atoms in total. The van der Waals surface area contributed by atoms with Crippen LogP contribution in [0.5, 0.6) is 5.75 Å². The third-order valence-corrected chi connectivity index (χ3v) is 2.75. The van der Waals surface area contributed by atoms with E-state index in [1.165, 1.54) is 0 Å². The number of nitrogens with one attached hydrogen (secondary N) is 1. The first-order valence-corrected chi connectivity index (χ1v) is 5.14. The molecule has 86 valence electrons. The lowest BCUT2D eigenvalue weighted by Crippen LogP contribution is -2.13. The Morgan fingerprint density at radius 1 is 1.44 bits per heavy atom.